The first kappa shape index (κ1) is 63.3. The Hall–Kier alpha value is -2.80. The van der Waals surface area contributed by atoms with Crippen molar-refractivity contribution in [3.63, 3.8) is 0 Å². The first-order valence-electron chi connectivity index (χ1n) is 26.9. The number of allylic oxidation sites excluding steroid dienone is 10. The van der Waals surface area contributed by atoms with Crippen LogP contribution in [0, 0.1) is 0 Å². The molecule has 4 unspecified atom stereocenters. The van der Waals surface area contributed by atoms with Crippen molar-refractivity contribution in [2.75, 3.05) is 26.4 Å². The topological polar surface area (TPSA) is 231 Å². The number of unbranched alkanes of at least 4 members (excludes halogenated alkanes) is 17. The van der Waals surface area contributed by atoms with Crippen molar-refractivity contribution in [3.05, 3.63) is 60.8 Å². The van der Waals surface area contributed by atoms with E-state index in [1.165, 1.54) is 57.8 Å². The Balaban J connectivity index is 1.82. The highest BCUT2D eigenvalue weighted by Gasteiger charge is 2.47. The molecule has 404 valence electrons. The van der Waals surface area contributed by atoms with Crippen LogP contribution in [0.4, 0.5) is 0 Å². The van der Waals surface area contributed by atoms with E-state index in [-0.39, 0.29) is 19.4 Å². The fourth-order valence-electron chi connectivity index (χ4n) is 8.03. The smallest absolute Gasteiger partial charge is 0.306 e. The van der Waals surface area contributed by atoms with Gasteiger partial charge in [-0.15, -0.1) is 0 Å². The highest BCUT2D eigenvalue weighted by atomic mass is 16.7. The molecule has 0 aliphatic carbocycles. The lowest BCUT2D eigenvalue weighted by Crippen LogP contribution is -2.61. The predicted octanol–water partition coefficient (Wildman–Crippen LogP) is 8.05. The van der Waals surface area contributed by atoms with Crippen LogP contribution in [0.15, 0.2) is 60.8 Å². The summed E-state index contributed by atoms with van der Waals surface area (Å²) in [5.74, 6) is -0.997. The maximum absolute atomic E-state index is 13.0. The Kier molecular flexibility index (Phi) is 37.7. The molecule has 0 radical (unpaired) electrons. The average Bonchev–Trinajstić information content (AvgIpc) is 3.35. The van der Waals surface area contributed by atoms with Crippen molar-refractivity contribution >= 4 is 11.9 Å². The van der Waals surface area contributed by atoms with E-state index in [9.17, 15) is 45.3 Å². The third-order valence-corrected chi connectivity index (χ3v) is 12.5. The minimum Gasteiger partial charge on any atom is -0.462 e. The van der Waals surface area contributed by atoms with Gasteiger partial charge in [-0.25, -0.2) is 0 Å². The van der Waals surface area contributed by atoms with Gasteiger partial charge in [0.2, 0.25) is 0 Å². The molecule has 2 saturated heterocycles. The van der Waals surface area contributed by atoms with Crippen molar-refractivity contribution in [1.29, 1.82) is 0 Å². The second-order valence-corrected chi connectivity index (χ2v) is 18.7. The summed E-state index contributed by atoms with van der Waals surface area (Å²) in [6.45, 7) is 2.50. The van der Waals surface area contributed by atoms with E-state index in [4.69, 9.17) is 28.4 Å². The van der Waals surface area contributed by atoms with Gasteiger partial charge in [0.1, 0.15) is 55.4 Å². The van der Waals surface area contributed by atoms with Crippen LogP contribution in [-0.2, 0) is 38.0 Å². The Morgan fingerprint density at radius 3 is 1.41 bits per heavy atom. The molecule has 0 spiro atoms. The summed E-state index contributed by atoms with van der Waals surface area (Å²) in [5, 5.41) is 72.1. The van der Waals surface area contributed by atoms with Gasteiger partial charge >= 0.3 is 11.9 Å². The summed E-state index contributed by atoms with van der Waals surface area (Å²) < 4.78 is 33.5. The predicted molar refractivity (Wildman–Crippen MR) is 270 cm³/mol. The van der Waals surface area contributed by atoms with Crippen LogP contribution >= 0.6 is 0 Å². The number of ether oxygens (including phenoxy) is 6. The van der Waals surface area contributed by atoms with Crippen LogP contribution in [0.3, 0.4) is 0 Å². The van der Waals surface area contributed by atoms with E-state index in [0.29, 0.717) is 19.3 Å². The number of aliphatic hydroxyl groups excluding tert-OH is 7. The molecular formula is C55H94O15. The highest BCUT2D eigenvalue weighted by molar-refractivity contribution is 5.70. The summed E-state index contributed by atoms with van der Waals surface area (Å²) >= 11 is 0. The van der Waals surface area contributed by atoms with Gasteiger partial charge in [0, 0.05) is 12.8 Å². The molecule has 0 aromatic rings. The number of aliphatic hydroxyl groups is 7. The molecule has 2 aliphatic rings. The van der Waals surface area contributed by atoms with Crippen molar-refractivity contribution in [1.82, 2.24) is 0 Å². The van der Waals surface area contributed by atoms with Crippen molar-refractivity contribution in [2.45, 2.75) is 248 Å². The first-order valence-corrected chi connectivity index (χ1v) is 26.9. The van der Waals surface area contributed by atoms with Crippen LogP contribution in [-0.4, -0.2) is 142 Å². The lowest BCUT2D eigenvalue weighted by molar-refractivity contribution is -0.332. The zero-order valence-electron chi connectivity index (χ0n) is 42.7. The van der Waals surface area contributed by atoms with Gasteiger partial charge in [-0.3, -0.25) is 9.59 Å². The number of hydrogen-bond acceptors (Lipinski definition) is 15. The molecule has 0 aromatic heterocycles. The Morgan fingerprint density at radius 1 is 0.457 bits per heavy atom. The van der Waals surface area contributed by atoms with Gasteiger partial charge in [0.25, 0.3) is 0 Å². The number of rotatable bonds is 41. The molecule has 2 aliphatic heterocycles. The minimum absolute atomic E-state index is 0.142. The van der Waals surface area contributed by atoms with E-state index < -0.39 is 99.3 Å². The summed E-state index contributed by atoms with van der Waals surface area (Å²) in [6, 6.07) is 0. The second kappa shape index (κ2) is 41.6. The fourth-order valence-corrected chi connectivity index (χ4v) is 8.03. The Labute approximate surface area is 420 Å². The largest absolute Gasteiger partial charge is 0.462 e. The standard InChI is InChI=1S/C55H94O15/c1-3-5-7-9-11-13-15-17-19-21-23-25-27-29-31-33-35-37-46(57)65-40-43(68-47(58)38-36-34-32-30-28-26-24-22-20-18-16-14-12-10-8-6-4-2)41-66-54-53(64)51(62)49(60)45(70-54)42-67-55-52(63)50(61)48(59)44(39-56)69-55/h12,14,17-20,23,25,29,31,43-45,48-56,59-64H,3-11,13,15-16,21-22,24,26-28,30,32-42H2,1-2H3/b14-12+,19-17+,20-18+,25-23+,31-29+/t43-,44+,45+,48-,49-,50?,51?,52?,53?,54+,55+/m0/s1. The quantitative estimate of drug-likeness (QED) is 0.0175. The Morgan fingerprint density at radius 2 is 0.871 bits per heavy atom. The van der Waals surface area contributed by atoms with Crippen molar-refractivity contribution < 1.29 is 73.8 Å². The van der Waals surface area contributed by atoms with Crippen LogP contribution < -0.4 is 0 Å². The van der Waals surface area contributed by atoms with Crippen LogP contribution in [0.1, 0.15) is 181 Å². The first-order chi connectivity index (χ1) is 34.0. The van der Waals surface area contributed by atoms with Crippen LogP contribution in [0.25, 0.3) is 0 Å². The molecule has 0 bridgehead atoms. The summed E-state index contributed by atoms with van der Waals surface area (Å²) in [7, 11) is 0. The molecule has 15 nitrogen and oxygen atoms in total. The van der Waals surface area contributed by atoms with Gasteiger partial charge in [0.05, 0.1) is 19.8 Å². The highest BCUT2D eigenvalue weighted by Crippen LogP contribution is 2.26. The molecule has 0 amide bonds. The normalized spacial score (nSPS) is 25.8. The lowest BCUT2D eigenvalue weighted by atomic mass is 9.98. The molecule has 0 aromatic carbocycles. The maximum Gasteiger partial charge on any atom is 0.306 e. The van der Waals surface area contributed by atoms with E-state index in [1.807, 2.05) is 6.08 Å². The summed E-state index contributed by atoms with van der Waals surface area (Å²) in [5.41, 5.74) is 0. The minimum atomic E-state index is -1.78. The molecule has 7 N–H and O–H groups in total. The van der Waals surface area contributed by atoms with E-state index >= 15 is 0 Å². The van der Waals surface area contributed by atoms with Crippen molar-refractivity contribution in [3.8, 4) is 0 Å². The van der Waals surface area contributed by atoms with Gasteiger partial charge in [-0.2, -0.15) is 0 Å². The number of hydrogen-bond donors (Lipinski definition) is 7. The molecule has 70 heavy (non-hydrogen) atoms. The molecule has 15 heteroatoms. The molecule has 11 atom stereocenters. The molecular weight excluding hydrogens is 901 g/mol. The molecule has 0 saturated carbocycles. The van der Waals surface area contributed by atoms with Crippen LogP contribution in [0.2, 0.25) is 0 Å². The third-order valence-electron chi connectivity index (χ3n) is 12.5. The zero-order valence-corrected chi connectivity index (χ0v) is 42.7. The monoisotopic (exact) mass is 995 g/mol. The average molecular weight is 995 g/mol. The maximum atomic E-state index is 13.0. The molecule has 2 rings (SSSR count). The van der Waals surface area contributed by atoms with Gasteiger partial charge in [-0.05, 0) is 77.0 Å². The van der Waals surface area contributed by atoms with Gasteiger partial charge in [0.15, 0.2) is 18.7 Å². The number of carbonyl (C=O) groups excluding carboxylic acids is 2. The number of esters is 2. The van der Waals surface area contributed by atoms with Gasteiger partial charge < -0.3 is 64.2 Å². The van der Waals surface area contributed by atoms with E-state index in [0.717, 1.165) is 77.0 Å². The van der Waals surface area contributed by atoms with E-state index in [2.05, 4.69) is 68.5 Å². The van der Waals surface area contributed by atoms with E-state index in [1.54, 1.807) is 0 Å². The summed E-state index contributed by atoms with van der Waals surface area (Å²) in [6.07, 6.45) is 31.0. The van der Waals surface area contributed by atoms with Crippen molar-refractivity contribution in [2.24, 2.45) is 0 Å². The summed E-state index contributed by atoms with van der Waals surface area (Å²) in [4.78, 5) is 25.8. The zero-order chi connectivity index (χ0) is 51.0. The molecule has 2 heterocycles. The second-order valence-electron chi connectivity index (χ2n) is 18.7. The van der Waals surface area contributed by atoms with Gasteiger partial charge in [-0.1, -0.05) is 152 Å². The lowest BCUT2D eigenvalue weighted by Gasteiger charge is -2.42. The SMILES string of the molecule is CCCCC/C=C/C/C=C/CCCCCCCCCC(=O)O[C@@H](COC(=O)CCC/C=C/C/C=C/C/C=C/CCCCCCCC)CO[C@@H]1O[C@H](CO[C@@H]2O[C@H](CO)[C@H](O)C(O)C2O)[C@H](O)C(O)C1O. The van der Waals surface area contributed by atoms with Crippen LogP contribution in [0.5, 0.6) is 0 Å². The third kappa shape index (κ3) is 29.0. The Bertz CT molecular complexity index is 1450. The molecule has 2 fully saturated rings. The fraction of sp³-hybridized carbons (Fsp3) is 0.782. The number of carbonyl (C=O) groups is 2.